The molecule has 0 amide bonds. The van der Waals surface area contributed by atoms with Gasteiger partial charge in [-0.05, 0) is 22.9 Å². The van der Waals surface area contributed by atoms with E-state index in [9.17, 15) is 8.42 Å². The summed E-state index contributed by atoms with van der Waals surface area (Å²) in [6.07, 6.45) is 0. The first kappa shape index (κ1) is 16.6. The van der Waals surface area contributed by atoms with Gasteiger partial charge in [0, 0.05) is 0 Å². The molecule has 0 aliphatic rings. The zero-order chi connectivity index (χ0) is 10.2. The van der Waals surface area contributed by atoms with Gasteiger partial charge >= 0.3 is 59.1 Å². The van der Waals surface area contributed by atoms with E-state index in [0.29, 0.717) is 0 Å². The third kappa shape index (κ3) is 3.82. The molecule has 0 saturated heterocycles. The number of benzene rings is 2. The van der Waals surface area contributed by atoms with Gasteiger partial charge in [0.15, 0.2) is 0 Å². The molecule has 76 valence electrons. The maximum Gasteiger partial charge on any atom is 1.00 e. The molecule has 0 bridgehead atoms. The van der Waals surface area contributed by atoms with Crippen LogP contribution < -0.4 is 59.1 Å². The predicted octanol–water partition coefficient (Wildman–Crippen LogP) is -3.68. The normalized spacial score (nSPS) is 10.3. The van der Waals surface area contributed by atoms with Crippen molar-refractivity contribution in [2.45, 2.75) is 4.90 Å². The summed E-state index contributed by atoms with van der Waals surface area (Å²) in [4.78, 5) is -0.0730. The van der Waals surface area contributed by atoms with Gasteiger partial charge in [0.05, 0.1) is 4.90 Å². The van der Waals surface area contributed by atoms with Gasteiger partial charge in [0.2, 0.25) is 0 Å². The third-order valence-electron chi connectivity index (χ3n) is 2.02. The Labute approximate surface area is 142 Å². The van der Waals surface area contributed by atoms with Crippen LogP contribution in [-0.2, 0) is 10.1 Å². The molecule has 0 fully saturated rings. The Balaban J connectivity index is -0.000000562. The van der Waals surface area contributed by atoms with Crippen molar-refractivity contribution in [1.82, 2.24) is 0 Å². The van der Waals surface area contributed by atoms with Crippen molar-refractivity contribution in [3.8, 4) is 0 Å². The minimum absolute atomic E-state index is 0. The average Bonchev–Trinajstić information content (AvgIpc) is 2.16. The number of rotatable bonds is 1. The Morgan fingerprint density at radius 2 is 1.50 bits per heavy atom. The third-order valence-corrected chi connectivity index (χ3v) is 2.87. The molecule has 0 heterocycles. The van der Waals surface area contributed by atoms with Crippen LogP contribution in [0.4, 0.5) is 0 Å². The van der Waals surface area contributed by atoms with Crippen molar-refractivity contribution in [1.29, 1.82) is 0 Å². The molecule has 1 N–H and O–H groups in total. The molecule has 2 rings (SSSR count). The summed E-state index contributed by atoms with van der Waals surface area (Å²) in [5, 5.41) is 1.74. The van der Waals surface area contributed by atoms with Crippen LogP contribution in [0.1, 0.15) is 2.85 Å². The smallest absolute Gasteiger partial charge is 1.00 e. The van der Waals surface area contributed by atoms with Gasteiger partial charge in [-0.2, -0.15) is 8.42 Å². The van der Waals surface area contributed by atoms with E-state index in [1.165, 1.54) is 12.1 Å². The molecule has 0 aromatic heterocycles. The molecule has 0 aliphatic heterocycles. The van der Waals surface area contributed by atoms with E-state index < -0.39 is 10.1 Å². The summed E-state index contributed by atoms with van der Waals surface area (Å²) >= 11 is 0. The van der Waals surface area contributed by atoms with E-state index >= 15 is 0 Å². The summed E-state index contributed by atoms with van der Waals surface area (Å²) in [5.41, 5.74) is 0. The van der Waals surface area contributed by atoms with Crippen molar-refractivity contribution in [2.24, 2.45) is 0 Å². The maximum atomic E-state index is 10.8. The van der Waals surface area contributed by atoms with E-state index in [1.54, 1.807) is 12.1 Å². The molecule has 2 aromatic carbocycles. The number of fused-ring (bicyclic) bond motifs is 1. The molecule has 2 aromatic rings. The second-order valence-electron chi connectivity index (χ2n) is 2.98. The Morgan fingerprint density at radius 3 is 2.06 bits per heavy atom. The van der Waals surface area contributed by atoms with Crippen molar-refractivity contribution in [3.63, 3.8) is 0 Å². The van der Waals surface area contributed by atoms with E-state index in [1.807, 2.05) is 18.2 Å². The fourth-order valence-electron chi connectivity index (χ4n) is 1.33. The first-order valence-corrected chi connectivity index (χ1v) is 5.48. The Hall–Kier alpha value is 0.610. The molecule has 16 heavy (non-hydrogen) atoms. The second kappa shape index (κ2) is 6.52. The molecule has 0 spiro atoms. The standard InChI is InChI=1S/C10H8O3S.2Na.2H/c11-14(12,13)10-6-5-8-3-1-2-4-9(8)7-10;;;;/h1-7H,(H,11,12,13);;;;/q;2*+1;2*-1. The van der Waals surface area contributed by atoms with Gasteiger partial charge in [0.1, 0.15) is 0 Å². The second-order valence-corrected chi connectivity index (χ2v) is 4.41. The quantitative estimate of drug-likeness (QED) is 0.422. The van der Waals surface area contributed by atoms with Crippen LogP contribution in [0.5, 0.6) is 0 Å². The summed E-state index contributed by atoms with van der Waals surface area (Å²) in [7, 11) is -4.09. The van der Waals surface area contributed by atoms with Crippen molar-refractivity contribution >= 4 is 20.9 Å². The van der Waals surface area contributed by atoms with Gasteiger partial charge in [-0.15, -0.1) is 0 Å². The first-order valence-electron chi connectivity index (χ1n) is 4.04. The molecule has 0 atom stereocenters. The van der Waals surface area contributed by atoms with E-state index in [0.717, 1.165) is 10.8 Å². The zero-order valence-electron chi connectivity index (χ0n) is 11.2. The van der Waals surface area contributed by atoms with E-state index in [2.05, 4.69) is 0 Å². The van der Waals surface area contributed by atoms with E-state index in [4.69, 9.17) is 4.55 Å². The van der Waals surface area contributed by atoms with Gasteiger partial charge in [-0.1, -0.05) is 30.3 Å². The fraction of sp³-hybridized carbons (Fsp3) is 0. The van der Waals surface area contributed by atoms with Crippen molar-refractivity contribution < 1.29 is 74.9 Å². The Morgan fingerprint density at radius 1 is 0.938 bits per heavy atom. The molecule has 0 radical (unpaired) electrons. The molecule has 0 saturated carbocycles. The predicted molar refractivity (Wildman–Crippen MR) is 56.0 cm³/mol. The van der Waals surface area contributed by atoms with Crippen LogP contribution in [0.3, 0.4) is 0 Å². The number of hydrogen-bond donors (Lipinski definition) is 1. The fourth-order valence-corrected chi connectivity index (χ4v) is 1.84. The topological polar surface area (TPSA) is 54.4 Å². The maximum absolute atomic E-state index is 10.8. The minimum atomic E-state index is -4.09. The van der Waals surface area contributed by atoms with Crippen LogP contribution in [-0.4, -0.2) is 13.0 Å². The van der Waals surface area contributed by atoms with Gasteiger partial charge in [0.25, 0.3) is 10.1 Å². The number of hydrogen-bond acceptors (Lipinski definition) is 2. The van der Waals surface area contributed by atoms with Crippen LogP contribution in [0.2, 0.25) is 0 Å². The van der Waals surface area contributed by atoms with Crippen LogP contribution in [0.25, 0.3) is 10.8 Å². The monoisotopic (exact) mass is 256 g/mol. The first-order chi connectivity index (χ1) is 6.57. The molecular formula is C10H10Na2O3S. The van der Waals surface area contributed by atoms with E-state index in [-0.39, 0.29) is 66.9 Å². The molecule has 0 aliphatic carbocycles. The summed E-state index contributed by atoms with van der Waals surface area (Å²) in [6, 6.07) is 11.9. The minimum Gasteiger partial charge on any atom is -1.00 e. The van der Waals surface area contributed by atoms with Crippen molar-refractivity contribution in [3.05, 3.63) is 42.5 Å². The largest absolute Gasteiger partial charge is 1.00 e. The van der Waals surface area contributed by atoms with Crippen molar-refractivity contribution in [2.75, 3.05) is 0 Å². The van der Waals surface area contributed by atoms with Crippen LogP contribution >= 0.6 is 0 Å². The summed E-state index contributed by atoms with van der Waals surface area (Å²) in [6.45, 7) is 0. The SMILES string of the molecule is O=S(=O)(O)c1ccc2ccccc2c1.[H-].[H-].[Na+].[Na+]. The molecule has 3 nitrogen and oxygen atoms in total. The Kier molecular flexibility index (Phi) is 6.77. The van der Waals surface area contributed by atoms with Gasteiger partial charge in [-0.3, -0.25) is 4.55 Å². The molecule has 6 heteroatoms. The van der Waals surface area contributed by atoms with Crippen LogP contribution in [0, 0.1) is 0 Å². The Bertz CT molecular complexity index is 590. The summed E-state index contributed by atoms with van der Waals surface area (Å²) in [5.74, 6) is 0. The molecule has 0 unspecified atom stereocenters. The molecular weight excluding hydrogens is 246 g/mol. The average molecular weight is 256 g/mol. The van der Waals surface area contributed by atoms with Gasteiger partial charge in [-0.25, -0.2) is 0 Å². The summed E-state index contributed by atoms with van der Waals surface area (Å²) < 4.78 is 30.5. The van der Waals surface area contributed by atoms with Crippen LogP contribution in [0.15, 0.2) is 47.4 Å². The van der Waals surface area contributed by atoms with Gasteiger partial charge < -0.3 is 2.85 Å². The zero-order valence-corrected chi connectivity index (χ0v) is 14.0.